The van der Waals surface area contributed by atoms with E-state index < -0.39 is 0 Å². The molecule has 1 aliphatic heterocycles. The molecule has 1 aromatic carbocycles. The number of rotatable bonds is 4. The van der Waals surface area contributed by atoms with E-state index in [0.717, 1.165) is 30.1 Å². The van der Waals surface area contributed by atoms with Crippen molar-refractivity contribution in [2.75, 3.05) is 18.0 Å². The molecule has 0 bridgehead atoms. The molecule has 0 aliphatic carbocycles. The van der Waals surface area contributed by atoms with Crippen LogP contribution in [0, 0.1) is 5.41 Å². The molecule has 5 heteroatoms. The van der Waals surface area contributed by atoms with Crippen molar-refractivity contribution < 1.29 is 4.74 Å². The van der Waals surface area contributed by atoms with Gasteiger partial charge in [0.2, 0.25) is 0 Å². The van der Waals surface area contributed by atoms with Crippen molar-refractivity contribution in [2.24, 2.45) is 12.5 Å². The predicted molar refractivity (Wildman–Crippen MR) is 88.2 cm³/mol. The fourth-order valence-electron chi connectivity index (χ4n) is 2.91. The summed E-state index contributed by atoms with van der Waals surface area (Å²) in [6.07, 6.45) is 2.04. The van der Waals surface area contributed by atoms with E-state index in [2.05, 4.69) is 47.3 Å². The predicted octanol–water partition coefficient (Wildman–Crippen LogP) is 3.12. The van der Waals surface area contributed by atoms with Gasteiger partial charge in [0, 0.05) is 37.5 Å². The smallest absolute Gasteiger partial charge is 0.131 e. The summed E-state index contributed by atoms with van der Waals surface area (Å²) in [6.45, 7) is 10.8. The molecule has 3 rings (SSSR count). The average molecular weight is 300 g/mol. The maximum atomic E-state index is 6.02. The quantitative estimate of drug-likeness (QED) is 0.870. The molecule has 0 atom stereocenters. The maximum Gasteiger partial charge on any atom is 0.131 e. The number of aromatic nitrogens is 3. The van der Waals surface area contributed by atoms with Crippen molar-refractivity contribution in [2.45, 2.75) is 33.8 Å². The summed E-state index contributed by atoms with van der Waals surface area (Å²) in [6, 6.07) is 6.36. The fourth-order valence-corrected chi connectivity index (χ4v) is 2.91. The molecule has 0 amide bonds. The molecule has 1 saturated heterocycles. The highest BCUT2D eigenvalue weighted by Gasteiger charge is 2.34. The summed E-state index contributed by atoms with van der Waals surface area (Å²) in [5.74, 6) is 0.873. The van der Waals surface area contributed by atoms with E-state index in [4.69, 9.17) is 4.74 Å². The zero-order valence-electron chi connectivity index (χ0n) is 14.0. The minimum atomic E-state index is 0.124. The summed E-state index contributed by atoms with van der Waals surface area (Å²) in [5.41, 5.74) is 3.45. The number of anilines is 1. The van der Waals surface area contributed by atoms with Gasteiger partial charge in [-0.25, -0.2) is 0 Å². The highest BCUT2D eigenvalue weighted by atomic mass is 16.5. The molecular weight excluding hydrogens is 276 g/mol. The summed E-state index contributed by atoms with van der Waals surface area (Å²) < 4.78 is 7.73. The standard InChI is InChI=1S/C17H24N4O/c1-12(2)22-16-8-13(21-10-17(3,4)11-21)6-7-14(16)15-9-20(5)19-18-15/h6-9,12H,10-11H2,1-5H3. The van der Waals surface area contributed by atoms with Crippen LogP contribution in [0.1, 0.15) is 27.7 Å². The lowest BCUT2D eigenvalue weighted by Crippen LogP contribution is -2.53. The van der Waals surface area contributed by atoms with Crippen molar-refractivity contribution in [1.29, 1.82) is 0 Å². The molecule has 0 radical (unpaired) electrons. The van der Waals surface area contributed by atoms with Crippen LogP contribution in [-0.2, 0) is 7.05 Å². The van der Waals surface area contributed by atoms with Gasteiger partial charge < -0.3 is 9.64 Å². The van der Waals surface area contributed by atoms with E-state index in [1.807, 2.05) is 27.1 Å². The van der Waals surface area contributed by atoms with Crippen LogP contribution < -0.4 is 9.64 Å². The monoisotopic (exact) mass is 300 g/mol. The van der Waals surface area contributed by atoms with Crippen LogP contribution in [0.3, 0.4) is 0 Å². The van der Waals surface area contributed by atoms with Crippen molar-refractivity contribution in [3.63, 3.8) is 0 Å². The zero-order chi connectivity index (χ0) is 15.9. The number of nitrogens with zero attached hydrogens (tertiary/aromatic N) is 4. The number of hydrogen-bond acceptors (Lipinski definition) is 4. The average Bonchev–Trinajstić information content (AvgIpc) is 2.81. The van der Waals surface area contributed by atoms with E-state index >= 15 is 0 Å². The molecule has 1 fully saturated rings. The Morgan fingerprint density at radius 2 is 1.95 bits per heavy atom. The largest absolute Gasteiger partial charge is 0.490 e. The van der Waals surface area contributed by atoms with E-state index in [9.17, 15) is 0 Å². The van der Waals surface area contributed by atoms with Crippen LogP contribution in [0.15, 0.2) is 24.4 Å². The highest BCUT2D eigenvalue weighted by Crippen LogP contribution is 2.38. The van der Waals surface area contributed by atoms with Gasteiger partial charge in [-0.3, -0.25) is 4.68 Å². The molecule has 0 spiro atoms. The number of aryl methyl sites for hydroxylation is 1. The molecule has 0 saturated carbocycles. The molecular formula is C17H24N4O. The number of hydrogen-bond donors (Lipinski definition) is 0. The Kier molecular flexibility index (Phi) is 3.59. The fraction of sp³-hybridized carbons (Fsp3) is 0.529. The second-order valence-electron chi connectivity index (χ2n) is 7.14. The molecule has 0 N–H and O–H groups in total. The van der Waals surface area contributed by atoms with Crippen molar-refractivity contribution in [3.8, 4) is 17.0 Å². The molecule has 1 aromatic heterocycles. The Bertz CT molecular complexity index is 667. The van der Waals surface area contributed by atoms with Crippen LogP contribution in [0.4, 0.5) is 5.69 Å². The Hall–Kier alpha value is -2.04. The highest BCUT2D eigenvalue weighted by molar-refractivity contribution is 5.71. The van der Waals surface area contributed by atoms with Gasteiger partial charge in [-0.15, -0.1) is 5.10 Å². The third-order valence-electron chi connectivity index (χ3n) is 3.81. The third kappa shape index (κ3) is 2.93. The van der Waals surface area contributed by atoms with Gasteiger partial charge in [-0.2, -0.15) is 0 Å². The van der Waals surface area contributed by atoms with Crippen LogP contribution in [-0.4, -0.2) is 34.2 Å². The van der Waals surface area contributed by atoms with Gasteiger partial charge in [0.25, 0.3) is 0 Å². The first-order chi connectivity index (χ1) is 10.3. The van der Waals surface area contributed by atoms with E-state index in [0.29, 0.717) is 5.41 Å². The first-order valence-corrected chi connectivity index (χ1v) is 7.76. The second-order valence-corrected chi connectivity index (χ2v) is 7.14. The topological polar surface area (TPSA) is 43.2 Å². The molecule has 5 nitrogen and oxygen atoms in total. The van der Waals surface area contributed by atoms with Gasteiger partial charge in [-0.05, 0) is 31.4 Å². The first kappa shape index (κ1) is 14.9. The van der Waals surface area contributed by atoms with E-state index in [1.54, 1.807) is 4.68 Å². The molecule has 22 heavy (non-hydrogen) atoms. The zero-order valence-corrected chi connectivity index (χ0v) is 14.0. The number of benzene rings is 1. The third-order valence-corrected chi connectivity index (χ3v) is 3.81. The molecule has 2 heterocycles. The Balaban J connectivity index is 1.93. The van der Waals surface area contributed by atoms with Gasteiger partial charge in [0.15, 0.2) is 0 Å². The van der Waals surface area contributed by atoms with E-state index in [-0.39, 0.29) is 6.10 Å². The van der Waals surface area contributed by atoms with Crippen LogP contribution in [0.2, 0.25) is 0 Å². The lowest BCUT2D eigenvalue weighted by atomic mass is 9.84. The maximum absolute atomic E-state index is 6.02. The summed E-state index contributed by atoms with van der Waals surface area (Å²) in [7, 11) is 1.87. The molecule has 2 aromatic rings. The Labute approximate surface area is 131 Å². The van der Waals surface area contributed by atoms with Gasteiger partial charge in [-0.1, -0.05) is 19.1 Å². The minimum Gasteiger partial charge on any atom is -0.490 e. The van der Waals surface area contributed by atoms with Crippen molar-refractivity contribution >= 4 is 5.69 Å². The lowest BCUT2D eigenvalue weighted by Gasteiger charge is -2.47. The van der Waals surface area contributed by atoms with Gasteiger partial charge in [0.1, 0.15) is 11.4 Å². The summed E-state index contributed by atoms with van der Waals surface area (Å²) in [5, 5.41) is 8.22. The SMILES string of the molecule is CC(C)Oc1cc(N2CC(C)(C)C2)ccc1-c1cn(C)nn1. The van der Waals surface area contributed by atoms with Crippen LogP contribution in [0.5, 0.6) is 5.75 Å². The summed E-state index contributed by atoms with van der Waals surface area (Å²) in [4.78, 5) is 2.38. The van der Waals surface area contributed by atoms with Crippen molar-refractivity contribution in [3.05, 3.63) is 24.4 Å². The minimum absolute atomic E-state index is 0.124. The Morgan fingerprint density at radius 3 is 2.50 bits per heavy atom. The summed E-state index contributed by atoms with van der Waals surface area (Å²) >= 11 is 0. The second kappa shape index (κ2) is 5.30. The van der Waals surface area contributed by atoms with Gasteiger partial charge in [0.05, 0.1) is 12.3 Å². The van der Waals surface area contributed by atoms with Gasteiger partial charge >= 0.3 is 0 Å². The lowest BCUT2D eigenvalue weighted by molar-refractivity contribution is 0.242. The number of ether oxygens (including phenoxy) is 1. The molecule has 1 aliphatic rings. The first-order valence-electron chi connectivity index (χ1n) is 7.76. The Morgan fingerprint density at radius 1 is 1.23 bits per heavy atom. The van der Waals surface area contributed by atoms with Crippen LogP contribution in [0.25, 0.3) is 11.3 Å². The van der Waals surface area contributed by atoms with E-state index in [1.165, 1.54) is 5.69 Å². The normalized spacial score (nSPS) is 16.7. The van der Waals surface area contributed by atoms with Crippen molar-refractivity contribution in [1.82, 2.24) is 15.0 Å². The van der Waals surface area contributed by atoms with Crippen LogP contribution >= 0.6 is 0 Å². The molecule has 118 valence electrons. The molecule has 0 unspecified atom stereocenters.